The third-order valence-electron chi connectivity index (χ3n) is 4.02. The van der Waals surface area contributed by atoms with E-state index in [0.717, 1.165) is 33.1 Å². The number of anilines is 3. The summed E-state index contributed by atoms with van der Waals surface area (Å²) in [6, 6.07) is 16.2. The van der Waals surface area contributed by atoms with E-state index in [9.17, 15) is 4.79 Å². The number of para-hydroxylation sites is 1. The Bertz CT molecular complexity index is 959. The minimum absolute atomic E-state index is 0.108. The van der Waals surface area contributed by atoms with Gasteiger partial charge in [-0.2, -0.15) is 0 Å². The normalized spacial score (nSPS) is 13.3. The highest BCUT2D eigenvalue weighted by Crippen LogP contribution is 2.35. The Morgan fingerprint density at radius 2 is 2.11 bits per heavy atom. The van der Waals surface area contributed by atoms with Crippen molar-refractivity contribution >= 4 is 57.3 Å². The summed E-state index contributed by atoms with van der Waals surface area (Å²) < 4.78 is 0.790. The van der Waals surface area contributed by atoms with E-state index in [2.05, 4.69) is 40.6 Å². The minimum Gasteiger partial charge on any atom is -0.330 e. The first kappa shape index (κ1) is 18.3. The van der Waals surface area contributed by atoms with Crippen molar-refractivity contribution in [2.75, 3.05) is 28.3 Å². The topological polar surface area (TPSA) is 58.1 Å². The van der Waals surface area contributed by atoms with E-state index >= 15 is 0 Å². The molecule has 1 aliphatic rings. The fourth-order valence-corrected chi connectivity index (χ4v) is 5.44. The van der Waals surface area contributed by atoms with Crippen LogP contribution in [0.15, 0.2) is 57.8 Å². The van der Waals surface area contributed by atoms with Gasteiger partial charge < -0.3 is 10.2 Å². The Hall–Kier alpha value is -2.03. The summed E-state index contributed by atoms with van der Waals surface area (Å²) >= 11 is 4.70. The van der Waals surface area contributed by atoms with Gasteiger partial charge in [-0.05, 0) is 36.8 Å². The Morgan fingerprint density at radius 1 is 1.22 bits per heavy atom. The van der Waals surface area contributed by atoms with Crippen molar-refractivity contribution in [3.63, 3.8) is 0 Å². The average Bonchev–Trinajstić information content (AvgIpc) is 3.13. The van der Waals surface area contributed by atoms with Crippen molar-refractivity contribution in [3.05, 3.63) is 54.1 Å². The second-order valence-electron chi connectivity index (χ2n) is 6.02. The number of fused-ring (bicyclic) bond motifs is 1. The van der Waals surface area contributed by atoms with Gasteiger partial charge in [-0.3, -0.25) is 4.79 Å². The lowest BCUT2D eigenvalue weighted by Gasteiger charge is -2.28. The third kappa shape index (κ3) is 4.45. The number of rotatable bonds is 5. The number of carbonyl (C=O) groups is 1. The molecule has 0 radical (unpaired) electrons. The molecule has 1 aromatic heterocycles. The lowest BCUT2D eigenvalue weighted by atomic mass is 10.2. The monoisotopic (exact) mass is 414 g/mol. The van der Waals surface area contributed by atoms with Crippen molar-refractivity contribution in [3.8, 4) is 0 Å². The van der Waals surface area contributed by atoms with E-state index in [1.54, 1.807) is 11.8 Å². The van der Waals surface area contributed by atoms with Gasteiger partial charge in [0.2, 0.25) is 11.0 Å². The number of nitrogens with one attached hydrogen (secondary N) is 1. The van der Waals surface area contributed by atoms with Crippen molar-refractivity contribution < 1.29 is 4.79 Å². The first-order valence-corrected chi connectivity index (χ1v) is 11.3. The van der Waals surface area contributed by atoms with Crippen LogP contribution in [0.5, 0.6) is 0 Å². The van der Waals surface area contributed by atoms with Gasteiger partial charge in [-0.15, -0.1) is 22.0 Å². The number of nitrogens with zero attached hydrogens (tertiary/aromatic N) is 3. The molecule has 2 aromatic carbocycles. The molecule has 0 bridgehead atoms. The molecule has 5 nitrogen and oxygen atoms in total. The zero-order valence-corrected chi connectivity index (χ0v) is 17.2. The number of aryl methyl sites for hydroxylation is 1. The minimum atomic E-state index is 0.108. The van der Waals surface area contributed by atoms with Gasteiger partial charge in [0.1, 0.15) is 0 Å². The molecule has 0 atom stereocenters. The molecule has 3 aromatic rings. The second kappa shape index (κ2) is 8.33. The van der Waals surface area contributed by atoms with Crippen LogP contribution in [-0.4, -0.2) is 34.2 Å². The number of carbonyl (C=O) groups excluding carboxylic acids is 1. The maximum absolute atomic E-state index is 12.7. The first-order valence-electron chi connectivity index (χ1n) is 8.51. The van der Waals surface area contributed by atoms with E-state index in [1.807, 2.05) is 35.2 Å². The first-order chi connectivity index (χ1) is 13.2. The van der Waals surface area contributed by atoms with Crippen LogP contribution in [0.25, 0.3) is 0 Å². The molecule has 0 spiro atoms. The quantitative estimate of drug-likeness (QED) is 0.604. The Labute approximate surface area is 170 Å². The van der Waals surface area contributed by atoms with E-state index in [1.165, 1.54) is 33.6 Å². The lowest BCUT2D eigenvalue weighted by molar-refractivity contribution is -0.116. The molecule has 1 N–H and O–H groups in total. The number of hydrogen-bond donors (Lipinski definition) is 1. The van der Waals surface area contributed by atoms with Crippen LogP contribution in [0.3, 0.4) is 0 Å². The van der Waals surface area contributed by atoms with Gasteiger partial charge in [-0.1, -0.05) is 47.4 Å². The molecular formula is C19H18N4OS3. The highest BCUT2D eigenvalue weighted by atomic mass is 32.2. The molecule has 2 heterocycles. The zero-order chi connectivity index (χ0) is 18.6. The summed E-state index contributed by atoms with van der Waals surface area (Å²) in [5, 5.41) is 12.4. The van der Waals surface area contributed by atoms with Crippen LogP contribution in [-0.2, 0) is 4.79 Å². The van der Waals surface area contributed by atoms with Crippen molar-refractivity contribution in [2.24, 2.45) is 0 Å². The summed E-state index contributed by atoms with van der Waals surface area (Å²) in [6.45, 7) is 2.80. The van der Waals surface area contributed by atoms with Crippen molar-refractivity contribution in [1.29, 1.82) is 0 Å². The van der Waals surface area contributed by atoms with Crippen LogP contribution in [0.4, 0.5) is 16.5 Å². The fourth-order valence-electron chi connectivity index (χ4n) is 2.79. The highest BCUT2D eigenvalue weighted by Gasteiger charge is 2.23. The van der Waals surface area contributed by atoms with Crippen LogP contribution in [0, 0.1) is 6.92 Å². The van der Waals surface area contributed by atoms with Gasteiger partial charge in [-0.25, -0.2) is 0 Å². The zero-order valence-electron chi connectivity index (χ0n) is 14.7. The summed E-state index contributed by atoms with van der Waals surface area (Å²) in [4.78, 5) is 15.8. The van der Waals surface area contributed by atoms with Crippen LogP contribution >= 0.6 is 34.9 Å². The Kier molecular flexibility index (Phi) is 5.66. The van der Waals surface area contributed by atoms with Gasteiger partial charge in [0.15, 0.2) is 4.34 Å². The molecule has 0 fully saturated rings. The number of benzene rings is 2. The lowest BCUT2D eigenvalue weighted by Crippen LogP contribution is -2.36. The summed E-state index contributed by atoms with van der Waals surface area (Å²) in [7, 11) is 0. The maximum Gasteiger partial charge on any atom is 0.237 e. The van der Waals surface area contributed by atoms with Crippen LogP contribution in [0.1, 0.15) is 5.56 Å². The highest BCUT2D eigenvalue weighted by molar-refractivity contribution is 8.01. The summed E-state index contributed by atoms with van der Waals surface area (Å²) in [6.07, 6.45) is 0. The predicted molar refractivity (Wildman–Crippen MR) is 115 cm³/mol. The Balaban J connectivity index is 1.37. The van der Waals surface area contributed by atoms with Crippen molar-refractivity contribution in [1.82, 2.24) is 10.2 Å². The number of aromatic nitrogens is 2. The molecule has 0 unspecified atom stereocenters. The molecule has 0 saturated carbocycles. The molecule has 0 aliphatic carbocycles. The molecule has 138 valence electrons. The molecule has 8 heteroatoms. The van der Waals surface area contributed by atoms with Gasteiger partial charge in [0.25, 0.3) is 0 Å². The van der Waals surface area contributed by atoms with Crippen molar-refractivity contribution in [2.45, 2.75) is 16.2 Å². The largest absolute Gasteiger partial charge is 0.330 e. The van der Waals surface area contributed by atoms with Crippen LogP contribution < -0.4 is 10.2 Å². The fraction of sp³-hybridized carbons (Fsp3) is 0.211. The molecule has 0 saturated heterocycles. The second-order valence-corrected chi connectivity index (χ2v) is 9.35. The third-order valence-corrected chi connectivity index (χ3v) is 7.02. The summed E-state index contributed by atoms with van der Waals surface area (Å²) in [5.74, 6) is 1.39. The molecular weight excluding hydrogens is 396 g/mol. The Morgan fingerprint density at radius 3 is 3.00 bits per heavy atom. The van der Waals surface area contributed by atoms with E-state index in [0.29, 0.717) is 5.75 Å². The maximum atomic E-state index is 12.7. The molecule has 1 aliphatic heterocycles. The summed E-state index contributed by atoms with van der Waals surface area (Å²) in [5.41, 5.74) is 3.18. The number of thioether (sulfide) groups is 2. The standard InChI is InChI=1S/C19H18N4OS3/c1-13-5-4-6-14(11-13)20-18-21-22-19(27-18)26-12-17(24)23-9-10-25-16-8-3-2-7-15(16)23/h2-8,11H,9-10,12H2,1H3,(H,20,21). The smallest absolute Gasteiger partial charge is 0.237 e. The average molecular weight is 415 g/mol. The predicted octanol–water partition coefficient (Wildman–Crippen LogP) is 4.82. The van der Waals surface area contributed by atoms with Gasteiger partial charge in [0, 0.05) is 22.9 Å². The van der Waals surface area contributed by atoms with E-state index in [4.69, 9.17) is 0 Å². The molecule has 27 heavy (non-hydrogen) atoms. The number of hydrogen-bond acceptors (Lipinski definition) is 7. The molecule has 1 amide bonds. The van der Waals surface area contributed by atoms with Gasteiger partial charge >= 0.3 is 0 Å². The van der Waals surface area contributed by atoms with E-state index < -0.39 is 0 Å². The SMILES string of the molecule is Cc1cccc(Nc2nnc(SCC(=O)N3CCSc4ccccc43)s2)c1. The number of amides is 1. The van der Waals surface area contributed by atoms with E-state index in [-0.39, 0.29) is 5.91 Å². The van der Waals surface area contributed by atoms with Gasteiger partial charge in [0.05, 0.1) is 11.4 Å². The molecule has 4 rings (SSSR count). The van der Waals surface area contributed by atoms with Crippen LogP contribution in [0.2, 0.25) is 0 Å².